The van der Waals surface area contributed by atoms with Crippen molar-refractivity contribution >= 4 is 23.1 Å². The summed E-state index contributed by atoms with van der Waals surface area (Å²) in [6, 6.07) is 9.82. The molecule has 3 aromatic rings. The van der Waals surface area contributed by atoms with E-state index < -0.39 is 0 Å². The Bertz CT molecular complexity index is 1130. The minimum absolute atomic E-state index is 0.185. The van der Waals surface area contributed by atoms with Gasteiger partial charge in [0.2, 0.25) is 11.0 Å². The van der Waals surface area contributed by atoms with Gasteiger partial charge in [0.1, 0.15) is 11.6 Å². The summed E-state index contributed by atoms with van der Waals surface area (Å²) in [5.74, 6) is 3.95. The van der Waals surface area contributed by atoms with E-state index in [4.69, 9.17) is 9.72 Å². The first-order chi connectivity index (χ1) is 15.5. The second-order valence-corrected chi connectivity index (χ2v) is 10.8. The molecule has 0 aliphatic heterocycles. The van der Waals surface area contributed by atoms with Gasteiger partial charge in [0.05, 0.1) is 23.9 Å². The molecule has 2 heterocycles. The van der Waals surface area contributed by atoms with Gasteiger partial charge < -0.3 is 10.1 Å². The molecular weight excluding hydrogens is 420 g/mol. The van der Waals surface area contributed by atoms with Crippen molar-refractivity contribution in [1.29, 1.82) is 0 Å². The lowest BCUT2D eigenvalue weighted by Gasteiger charge is -2.55. The minimum atomic E-state index is -0.186. The van der Waals surface area contributed by atoms with Crippen LogP contribution in [0.2, 0.25) is 0 Å². The molecule has 0 unspecified atom stereocenters. The monoisotopic (exact) mass is 448 g/mol. The van der Waals surface area contributed by atoms with Crippen LogP contribution in [0.1, 0.15) is 44.2 Å². The van der Waals surface area contributed by atoms with E-state index in [0.717, 1.165) is 70.7 Å². The fraction of sp³-hybridized carbons (Fsp3) is 0.480. The van der Waals surface area contributed by atoms with Crippen LogP contribution in [0.25, 0.3) is 16.4 Å². The predicted octanol–water partition coefficient (Wildman–Crippen LogP) is 5.47. The third-order valence-electron chi connectivity index (χ3n) is 7.65. The number of nitrogens with one attached hydrogen (secondary N) is 1. The van der Waals surface area contributed by atoms with Gasteiger partial charge in [-0.05, 0) is 87.5 Å². The van der Waals surface area contributed by atoms with Crippen LogP contribution in [0.3, 0.4) is 0 Å². The highest BCUT2D eigenvalue weighted by molar-refractivity contribution is 7.12. The van der Waals surface area contributed by atoms with Crippen molar-refractivity contribution in [3.8, 4) is 22.1 Å². The van der Waals surface area contributed by atoms with E-state index in [1.165, 1.54) is 30.6 Å². The summed E-state index contributed by atoms with van der Waals surface area (Å²) in [5.41, 5.74) is 2.59. The van der Waals surface area contributed by atoms with Gasteiger partial charge in [-0.15, -0.1) is 11.3 Å². The molecular formula is C25H28N4O2S. The van der Waals surface area contributed by atoms with Crippen LogP contribution < -0.4 is 10.1 Å². The molecule has 1 amide bonds. The number of aromatic nitrogens is 3. The Morgan fingerprint density at radius 3 is 2.41 bits per heavy atom. The highest BCUT2D eigenvalue weighted by Crippen LogP contribution is 2.60. The first-order valence-electron chi connectivity index (χ1n) is 11.5. The van der Waals surface area contributed by atoms with Crippen molar-refractivity contribution in [3.63, 3.8) is 0 Å². The standard InChI is InChI=1S/C25H28N4O2S/c1-15-7-22(27-23(30)25-11-16-8-17(12-25)10-18(9-16)13-25)29(28-15)24-26-21(14-32-24)19-3-5-20(31-2)6-4-19/h3-7,14,16-18H,8-13H2,1-2H3,(H,27,30). The maximum atomic E-state index is 13.6. The number of methoxy groups -OCH3 is 1. The fourth-order valence-corrected chi connectivity index (χ4v) is 7.42. The largest absolute Gasteiger partial charge is 0.497 e. The van der Waals surface area contributed by atoms with Gasteiger partial charge in [-0.3, -0.25) is 4.79 Å². The lowest BCUT2D eigenvalue weighted by molar-refractivity contribution is -0.140. The zero-order valence-electron chi connectivity index (χ0n) is 18.5. The number of carbonyl (C=O) groups excluding carboxylic acids is 1. The number of rotatable bonds is 5. The molecule has 7 rings (SSSR count). The molecule has 7 heteroatoms. The summed E-state index contributed by atoms with van der Waals surface area (Å²) in [7, 11) is 1.66. The minimum Gasteiger partial charge on any atom is -0.497 e. The Hall–Kier alpha value is -2.67. The number of hydrogen-bond acceptors (Lipinski definition) is 5. The quantitative estimate of drug-likeness (QED) is 0.562. The van der Waals surface area contributed by atoms with Crippen LogP contribution in [0.5, 0.6) is 5.75 Å². The van der Waals surface area contributed by atoms with Crippen LogP contribution in [-0.2, 0) is 4.79 Å². The van der Waals surface area contributed by atoms with Crippen molar-refractivity contribution in [2.75, 3.05) is 12.4 Å². The lowest BCUT2D eigenvalue weighted by Crippen LogP contribution is -2.51. The Balaban J connectivity index is 1.26. The molecule has 4 saturated carbocycles. The molecule has 4 fully saturated rings. The number of carbonyl (C=O) groups is 1. The molecule has 0 radical (unpaired) electrons. The van der Waals surface area contributed by atoms with Gasteiger partial charge in [-0.2, -0.15) is 9.78 Å². The lowest BCUT2D eigenvalue weighted by atomic mass is 9.49. The molecule has 4 aliphatic carbocycles. The first kappa shape index (κ1) is 20.0. The molecule has 32 heavy (non-hydrogen) atoms. The topological polar surface area (TPSA) is 69.0 Å². The van der Waals surface area contributed by atoms with E-state index in [1.54, 1.807) is 11.8 Å². The normalized spacial score (nSPS) is 28.1. The number of benzene rings is 1. The first-order valence-corrected chi connectivity index (χ1v) is 12.4. The van der Waals surface area contributed by atoms with Crippen molar-refractivity contribution in [2.24, 2.45) is 23.2 Å². The van der Waals surface area contributed by atoms with Gasteiger partial charge in [-0.1, -0.05) is 0 Å². The highest BCUT2D eigenvalue weighted by Gasteiger charge is 2.54. The van der Waals surface area contributed by atoms with Gasteiger partial charge in [-0.25, -0.2) is 4.98 Å². The van der Waals surface area contributed by atoms with Crippen LogP contribution in [0.15, 0.2) is 35.7 Å². The molecule has 0 spiro atoms. The fourth-order valence-electron chi connectivity index (χ4n) is 6.63. The van der Waals surface area contributed by atoms with E-state index in [0.29, 0.717) is 0 Å². The molecule has 6 nitrogen and oxygen atoms in total. The Morgan fingerprint density at radius 1 is 1.12 bits per heavy atom. The van der Waals surface area contributed by atoms with Crippen LogP contribution >= 0.6 is 11.3 Å². The maximum absolute atomic E-state index is 13.6. The van der Waals surface area contributed by atoms with Gasteiger partial charge >= 0.3 is 0 Å². The van der Waals surface area contributed by atoms with Crippen molar-refractivity contribution in [1.82, 2.24) is 14.8 Å². The predicted molar refractivity (Wildman–Crippen MR) is 125 cm³/mol. The zero-order chi connectivity index (χ0) is 21.9. The van der Waals surface area contributed by atoms with E-state index in [1.807, 2.05) is 42.6 Å². The molecule has 4 bridgehead atoms. The highest BCUT2D eigenvalue weighted by atomic mass is 32.1. The molecule has 1 N–H and O–H groups in total. The van der Waals surface area contributed by atoms with E-state index in [2.05, 4.69) is 10.4 Å². The summed E-state index contributed by atoms with van der Waals surface area (Å²) < 4.78 is 7.03. The number of aryl methyl sites for hydroxylation is 1. The zero-order valence-corrected chi connectivity index (χ0v) is 19.3. The third-order valence-corrected chi connectivity index (χ3v) is 8.47. The number of ether oxygens (including phenoxy) is 1. The molecule has 4 aliphatic rings. The Labute approximate surface area is 192 Å². The summed E-state index contributed by atoms with van der Waals surface area (Å²) in [6.07, 6.45) is 7.15. The van der Waals surface area contributed by atoms with Crippen molar-refractivity contribution in [2.45, 2.75) is 45.4 Å². The number of nitrogens with zero attached hydrogens (tertiary/aromatic N) is 3. The number of anilines is 1. The average Bonchev–Trinajstić information content (AvgIpc) is 3.39. The van der Waals surface area contributed by atoms with Crippen molar-refractivity contribution < 1.29 is 9.53 Å². The molecule has 0 saturated heterocycles. The van der Waals surface area contributed by atoms with Crippen molar-refractivity contribution in [3.05, 3.63) is 41.4 Å². The van der Waals surface area contributed by atoms with Gasteiger partial charge in [0, 0.05) is 17.0 Å². The van der Waals surface area contributed by atoms with Gasteiger partial charge in [0.25, 0.3) is 0 Å². The van der Waals surface area contributed by atoms with Crippen LogP contribution in [0, 0.1) is 30.1 Å². The number of thiazole rings is 1. The summed E-state index contributed by atoms with van der Waals surface area (Å²) in [4.78, 5) is 18.4. The summed E-state index contributed by atoms with van der Waals surface area (Å²) in [6.45, 7) is 1.95. The number of amides is 1. The molecule has 2 aromatic heterocycles. The summed E-state index contributed by atoms with van der Waals surface area (Å²) >= 11 is 1.53. The second kappa shape index (κ2) is 7.44. The Kier molecular flexibility index (Phi) is 4.64. The molecule has 0 atom stereocenters. The van der Waals surface area contributed by atoms with Crippen LogP contribution in [-0.4, -0.2) is 27.8 Å². The van der Waals surface area contributed by atoms with Gasteiger partial charge in [0.15, 0.2) is 0 Å². The molecule has 166 valence electrons. The van der Waals surface area contributed by atoms with E-state index >= 15 is 0 Å². The molecule has 1 aromatic carbocycles. The summed E-state index contributed by atoms with van der Waals surface area (Å²) in [5, 5.41) is 10.7. The SMILES string of the molecule is COc1ccc(-c2csc(-n3nc(C)cc3NC(=O)C34CC5CC(CC(C5)C3)C4)n2)cc1. The average molecular weight is 449 g/mol. The van der Waals surface area contributed by atoms with E-state index in [-0.39, 0.29) is 11.3 Å². The Morgan fingerprint density at radius 2 is 1.78 bits per heavy atom. The van der Waals surface area contributed by atoms with E-state index in [9.17, 15) is 4.79 Å². The van der Waals surface area contributed by atoms with Crippen LogP contribution in [0.4, 0.5) is 5.82 Å². The maximum Gasteiger partial charge on any atom is 0.231 e. The smallest absolute Gasteiger partial charge is 0.231 e. The number of hydrogen-bond donors (Lipinski definition) is 1. The third kappa shape index (κ3) is 3.34. The second-order valence-electron chi connectivity index (χ2n) is 9.98.